The van der Waals surface area contributed by atoms with Crippen LogP contribution in [0.5, 0.6) is 0 Å². The van der Waals surface area contributed by atoms with Crippen molar-refractivity contribution in [3.8, 4) is 43.8 Å². The summed E-state index contributed by atoms with van der Waals surface area (Å²) in [4.78, 5) is 9.96. The lowest BCUT2D eigenvalue weighted by atomic mass is 10.1. The minimum Gasteiger partial charge on any atom is -0.456 e. The molecule has 0 saturated heterocycles. The number of rotatable bonds is 4. The summed E-state index contributed by atoms with van der Waals surface area (Å²) in [6.45, 7) is 0. The summed E-state index contributed by atoms with van der Waals surface area (Å²) in [5.41, 5.74) is 6.89. The molecular formula is C40H20F2N2O2S2. The SMILES string of the molecule is Fc1ccc2cc(-c3ccc(-c4nc5cc6cc7sc(-c8ccc(-c9cc%10ccc(F)cc%10o9)cc8)nc7cc6cc5s4)cc3)oc2c1. The molecule has 0 unspecified atom stereocenters. The van der Waals surface area contributed by atoms with E-state index in [1.165, 1.54) is 24.3 Å². The monoisotopic (exact) mass is 662 g/mol. The first kappa shape index (κ1) is 27.4. The molecule has 0 bridgehead atoms. The minimum atomic E-state index is -0.313. The lowest BCUT2D eigenvalue weighted by molar-refractivity contribution is 0.606. The molecule has 0 fully saturated rings. The van der Waals surface area contributed by atoms with Crippen molar-refractivity contribution < 1.29 is 17.6 Å². The molecule has 0 radical (unpaired) electrons. The molecule has 0 aliphatic carbocycles. The zero-order valence-corrected chi connectivity index (χ0v) is 26.5. The summed E-state index contributed by atoms with van der Waals surface area (Å²) < 4.78 is 41.2. The normalized spacial score (nSPS) is 12.0. The van der Waals surface area contributed by atoms with Crippen LogP contribution < -0.4 is 0 Å². The highest BCUT2D eigenvalue weighted by molar-refractivity contribution is 7.22. The number of nitrogens with zero attached hydrogens (tertiary/aromatic N) is 2. The van der Waals surface area contributed by atoms with E-state index in [4.69, 9.17) is 18.8 Å². The van der Waals surface area contributed by atoms with Crippen LogP contribution in [0.4, 0.5) is 8.78 Å². The minimum absolute atomic E-state index is 0.313. The summed E-state index contributed by atoms with van der Waals surface area (Å²) >= 11 is 3.32. The highest BCUT2D eigenvalue weighted by Crippen LogP contribution is 2.38. The van der Waals surface area contributed by atoms with Gasteiger partial charge >= 0.3 is 0 Å². The van der Waals surface area contributed by atoms with Crippen molar-refractivity contribution in [2.24, 2.45) is 0 Å². The van der Waals surface area contributed by atoms with Gasteiger partial charge in [-0.2, -0.15) is 0 Å². The number of fused-ring (bicyclic) bond motifs is 5. The molecule has 6 aromatic carbocycles. The Bertz CT molecular complexity index is 2600. The molecule has 0 aliphatic rings. The quantitative estimate of drug-likeness (QED) is 0.188. The molecular weight excluding hydrogens is 643 g/mol. The van der Waals surface area contributed by atoms with Crippen LogP contribution in [0.3, 0.4) is 0 Å². The van der Waals surface area contributed by atoms with Gasteiger partial charge in [0, 0.05) is 45.2 Å². The Labute approximate surface area is 279 Å². The zero-order valence-electron chi connectivity index (χ0n) is 24.8. The predicted octanol–water partition coefficient (Wildman–Crippen LogP) is 12.5. The van der Waals surface area contributed by atoms with Crippen molar-refractivity contribution in [3.63, 3.8) is 0 Å². The van der Waals surface area contributed by atoms with E-state index in [0.717, 1.165) is 74.2 Å². The van der Waals surface area contributed by atoms with Gasteiger partial charge in [-0.1, -0.05) is 48.5 Å². The molecule has 8 heteroatoms. The van der Waals surface area contributed by atoms with Gasteiger partial charge in [0.15, 0.2) is 0 Å². The standard InChI is InChI=1S/C40H20F2N2O2S2/c41-29-11-9-25-15-33(45-35(25)19-29)21-1-5-23(6-2-21)39-43-31-13-27-18-38-32(14-28(27)17-37(31)47-39)44-40(48-38)24-7-3-22(4-8-24)34-16-26-10-12-30(42)20-36(26)46-34/h1-20H. The molecule has 228 valence electrons. The first-order valence-corrected chi connectivity index (χ1v) is 16.9. The Kier molecular flexibility index (Phi) is 5.94. The Morgan fingerprint density at radius 2 is 0.833 bits per heavy atom. The summed E-state index contributed by atoms with van der Waals surface area (Å²) in [5.74, 6) is 0.777. The van der Waals surface area contributed by atoms with Crippen LogP contribution in [-0.4, -0.2) is 9.97 Å². The highest BCUT2D eigenvalue weighted by Gasteiger charge is 2.14. The van der Waals surface area contributed by atoms with Crippen molar-refractivity contribution in [3.05, 3.63) is 133 Å². The number of benzene rings is 6. The molecule has 0 N–H and O–H groups in total. The summed E-state index contributed by atoms with van der Waals surface area (Å²) in [6.07, 6.45) is 0. The van der Waals surface area contributed by atoms with Gasteiger partial charge < -0.3 is 8.83 Å². The molecule has 0 spiro atoms. The van der Waals surface area contributed by atoms with E-state index in [9.17, 15) is 8.78 Å². The maximum atomic E-state index is 13.6. The largest absolute Gasteiger partial charge is 0.456 e. The van der Waals surface area contributed by atoms with E-state index < -0.39 is 0 Å². The topological polar surface area (TPSA) is 52.1 Å². The number of furan rings is 2. The first-order chi connectivity index (χ1) is 23.5. The fourth-order valence-corrected chi connectivity index (χ4v) is 8.19. The molecule has 4 nitrogen and oxygen atoms in total. The Morgan fingerprint density at radius 3 is 1.27 bits per heavy atom. The van der Waals surface area contributed by atoms with Crippen LogP contribution in [0.15, 0.2) is 130 Å². The van der Waals surface area contributed by atoms with Gasteiger partial charge in [-0.3, -0.25) is 0 Å². The molecule has 4 heterocycles. The molecule has 10 aromatic rings. The van der Waals surface area contributed by atoms with Crippen molar-refractivity contribution in [1.29, 1.82) is 0 Å². The van der Waals surface area contributed by atoms with Crippen molar-refractivity contribution >= 4 is 75.8 Å². The third-order valence-electron chi connectivity index (χ3n) is 8.65. The van der Waals surface area contributed by atoms with Crippen LogP contribution in [-0.2, 0) is 0 Å². The molecule has 4 aromatic heterocycles. The second-order valence-electron chi connectivity index (χ2n) is 11.8. The van der Waals surface area contributed by atoms with E-state index in [2.05, 4.69) is 24.3 Å². The van der Waals surface area contributed by atoms with Crippen molar-refractivity contribution in [1.82, 2.24) is 9.97 Å². The van der Waals surface area contributed by atoms with Crippen LogP contribution in [0.1, 0.15) is 0 Å². The molecule has 0 aliphatic heterocycles. The summed E-state index contributed by atoms with van der Waals surface area (Å²) in [7, 11) is 0. The van der Waals surface area contributed by atoms with Gasteiger partial charge in [-0.15, -0.1) is 22.7 Å². The van der Waals surface area contributed by atoms with E-state index in [1.807, 2.05) is 60.7 Å². The number of thiazole rings is 2. The number of hydrogen-bond donors (Lipinski definition) is 0. The molecule has 48 heavy (non-hydrogen) atoms. The van der Waals surface area contributed by atoms with Gasteiger partial charge in [0.05, 0.1) is 20.4 Å². The second-order valence-corrected chi connectivity index (χ2v) is 13.8. The fraction of sp³-hybridized carbons (Fsp3) is 0. The van der Waals surface area contributed by atoms with E-state index >= 15 is 0 Å². The number of hydrogen-bond acceptors (Lipinski definition) is 6. The van der Waals surface area contributed by atoms with Crippen LogP contribution in [0, 0.1) is 11.6 Å². The van der Waals surface area contributed by atoms with E-state index in [1.54, 1.807) is 34.8 Å². The van der Waals surface area contributed by atoms with Crippen LogP contribution >= 0.6 is 22.7 Å². The predicted molar refractivity (Wildman–Crippen MR) is 192 cm³/mol. The van der Waals surface area contributed by atoms with Gasteiger partial charge in [-0.25, -0.2) is 18.7 Å². The second kappa shape index (κ2) is 10.4. The lowest BCUT2D eigenvalue weighted by Gasteiger charge is -1.99. The third-order valence-corrected chi connectivity index (χ3v) is 10.8. The maximum Gasteiger partial charge on any atom is 0.137 e. The van der Waals surface area contributed by atoms with Gasteiger partial charge in [-0.05, 0) is 71.4 Å². The highest BCUT2D eigenvalue weighted by atomic mass is 32.1. The third kappa shape index (κ3) is 4.60. The summed E-state index contributed by atoms with van der Waals surface area (Å²) in [6, 6.07) is 37.9. The smallest absolute Gasteiger partial charge is 0.137 e. The molecule has 0 atom stereocenters. The zero-order chi connectivity index (χ0) is 31.9. The maximum absolute atomic E-state index is 13.6. The average molecular weight is 663 g/mol. The van der Waals surface area contributed by atoms with Crippen LogP contribution in [0.2, 0.25) is 0 Å². The Hall–Kier alpha value is -5.70. The molecule has 10 rings (SSSR count). The van der Waals surface area contributed by atoms with Gasteiger partial charge in [0.1, 0.15) is 44.3 Å². The van der Waals surface area contributed by atoms with E-state index in [-0.39, 0.29) is 11.6 Å². The van der Waals surface area contributed by atoms with Crippen molar-refractivity contribution in [2.45, 2.75) is 0 Å². The van der Waals surface area contributed by atoms with Gasteiger partial charge in [0.25, 0.3) is 0 Å². The molecule has 0 saturated carbocycles. The van der Waals surface area contributed by atoms with Crippen LogP contribution in [0.25, 0.3) is 96.9 Å². The Balaban J connectivity index is 0.936. The van der Waals surface area contributed by atoms with Crippen molar-refractivity contribution in [2.75, 3.05) is 0 Å². The fourth-order valence-electron chi connectivity index (χ4n) is 6.19. The van der Waals surface area contributed by atoms with Gasteiger partial charge in [0.2, 0.25) is 0 Å². The summed E-state index contributed by atoms with van der Waals surface area (Å²) in [5, 5.41) is 5.87. The molecule has 0 amide bonds. The lowest BCUT2D eigenvalue weighted by Crippen LogP contribution is -1.79. The average Bonchev–Trinajstić information content (AvgIpc) is 3.90. The number of halogens is 2. The number of aromatic nitrogens is 2. The first-order valence-electron chi connectivity index (χ1n) is 15.2. The Morgan fingerprint density at radius 1 is 0.417 bits per heavy atom. The van der Waals surface area contributed by atoms with E-state index in [0.29, 0.717) is 22.7 Å².